The first-order valence-corrected chi connectivity index (χ1v) is 10.4. The molecular weight excluding hydrogens is 354 g/mol. The molecule has 1 atom stereocenters. The number of guanidine groups is 1. The monoisotopic (exact) mass is 383 g/mol. The lowest BCUT2D eigenvalue weighted by Gasteiger charge is -2.37. The van der Waals surface area contributed by atoms with Crippen molar-refractivity contribution in [3.8, 4) is 0 Å². The van der Waals surface area contributed by atoms with Gasteiger partial charge in [0.2, 0.25) is 11.9 Å². The van der Waals surface area contributed by atoms with E-state index in [1.54, 1.807) is 0 Å². The molecule has 1 saturated heterocycles. The molecule has 2 fully saturated rings. The number of amides is 2. The van der Waals surface area contributed by atoms with E-state index in [9.17, 15) is 9.59 Å². The second kappa shape index (κ2) is 8.63. The summed E-state index contributed by atoms with van der Waals surface area (Å²) in [5.74, 6) is 0.329. The average Bonchev–Trinajstić information content (AvgIpc) is 3.09. The van der Waals surface area contributed by atoms with E-state index in [1.165, 1.54) is 24.9 Å². The van der Waals surface area contributed by atoms with Crippen LogP contribution in [-0.4, -0.2) is 60.9 Å². The predicted octanol–water partition coefficient (Wildman–Crippen LogP) is 1.50. The summed E-state index contributed by atoms with van der Waals surface area (Å²) in [6.07, 6.45) is 5.86. The van der Waals surface area contributed by atoms with Gasteiger partial charge in [-0.2, -0.15) is 4.99 Å². The molecular formula is C21H29N5O2. The number of anilines is 1. The van der Waals surface area contributed by atoms with Crippen molar-refractivity contribution in [2.24, 2.45) is 4.99 Å². The summed E-state index contributed by atoms with van der Waals surface area (Å²) in [5, 5.41) is 6.26. The molecule has 0 aromatic heterocycles. The Bertz CT molecular complexity index is 722. The Kier molecular flexibility index (Phi) is 5.78. The van der Waals surface area contributed by atoms with Crippen LogP contribution in [0.1, 0.15) is 38.5 Å². The Morgan fingerprint density at radius 1 is 1.04 bits per heavy atom. The molecule has 2 amide bonds. The van der Waals surface area contributed by atoms with E-state index in [-0.39, 0.29) is 24.3 Å². The SMILES string of the molecule is O=C(CC1NC(N2CCN(c3ccccc3)CC2)=NC1=O)NC1CCCCC1. The highest BCUT2D eigenvalue weighted by Crippen LogP contribution is 2.18. The number of nitrogens with one attached hydrogen (secondary N) is 2. The highest BCUT2D eigenvalue weighted by molar-refractivity contribution is 6.04. The van der Waals surface area contributed by atoms with Crippen LogP contribution < -0.4 is 15.5 Å². The van der Waals surface area contributed by atoms with Gasteiger partial charge in [-0.25, -0.2) is 0 Å². The lowest BCUT2D eigenvalue weighted by molar-refractivity contribution is -0.126. The Balaban J connectivity index is 1.25. The zero-order valence-electron chi connectivity index (χ0n) is 16.3. The minimum Gasteiger partial charge on any atom is -0.368 e. The van der Waals surface area contributed by atoms with E-state index in [0.717, 1.165) is 39.0 Å². The molecule has 2 heterocycles. The van der Waals surface area contributed by atoms with E-state index in [2.05, 4.69) is 37.6 Å². The smallest absolute Gasteiger partial charge is 0.271 e. The van der Waals surface area contributed by atoms with Crippen molar-refractivity contribution in [2.75, 3.05) is 31.1 Å². The fraction of sp³-hybridized carbons (Fsp3) is 0.571. The summed E-state index contributed by atoms with van der Waals surface area (Å²) < 4.78 is 0. The quantitative estimate of drug-likeness (QED) is 0.824. The second-order valence-electron chi connectivity index (χ2n) is 7.89. The zero-order chi connectivity index (χ0) is 19.3. The van der Waals surface area contributed by atoms with Crippen LogP contribution in [0.5, 0.6) is 0 Å². The number of piperazine rings is 1. The maximum atomic E-state index is 12.3. The average molecular weight is 383 g/mol. The molecule has 2 aliphatic heterocycles. The van der Waals surface area contributed by atoms with Crippen LogP contribution in [0.2, 0.25) is 0 Å². The van der Waals surface area contributed by atoms with Crippen LogP contribution in [0.3, 0.4) is 0 Å². The van der Waals surface area contributed by atoms with E-state index in [4.69, 9.17) is 0 Å². The van der Waals surface area contributed by atoms with Gasteiger partial charge in [0, 0.05) is 37.9 Å². The number of aliphatic imine (C=N–C) groups is 1. The minimum absolute atomic E-state index is 0.0527. The molecule has 1 unspecified atom stereocenters. The van der Waals surface area contributed by atoms with Gasteiger partial charge in [0.25, 0.3) is 5.91 Å². The lowest BCUT2D eigenvalue weighted by Crippen LogP contribution is -2.53. The molecule has 1 saturated carbocycles. The number of benzene rings is 1. The van der Waals surface area contributed by atoms with E-state index in [0.29, 0.717) is 5.96 Å². The van der Waals surface area contributed by atoms with Crippen molar-refractivity contribution in [2.45, 2.75) is 50.6 Å². The number of carbonyl (C=O) groups is 2. The Labute approximate surface area is 166 Å². The highest BCUT2D eigenvalue weighted by Gasteiger charge is 2.33. The van der Waals surface area contributed by atoms with Gasteiger partial charge in [-0.3, -0.25) is 9.59 Å². The van der Waals surface area contributed by atoms with Gasteiger partial charge in [-0.1, -0.05) is 37.5 Å². The van der Waals surface area contributed by atoms with Crippen LogP contribution in [0, 0.1) is 0 Å². The number of rotatable bonds is 4. The molecule has 2 N–H and O–H groups in total. The van der Waals surface area contributed by atoms with Crippen molar-refractivity contribution in [1.29, 1.82) is 0 Å². The van der Waals surface area contributed by atoms with E-state index in [1.807, 2.05) is 18.2 Å². The van der Waals surface area contributed by atoms with Crippen molar-refractivity contribution in [3.63, 3.8) is 0 Å². The van der Waals surface area contributed by atoms with Crippen molar-refractivity contribution < 1.29 is 9.59 Å². The normalized spacial score (nSPS) is 23.4. The number of hydrogen-bond donors (Lipinski definition) is 2. The number of nitrogens with zero attached hydrogens (tertiary/aromatic N) is 3. The molecule has 7 nitrogen and oxygen atoms in total. The van der Waals surface area contributed by atoms with Crippen LogP contribution in [0.25, 0.3) is 0 Å². The molecule has 1 aliphatic carbocycles. The van der Waals surface area contributed by atoms with E-state index < -0.39 is 6.04 Å². The maximum absolute atomic E-state index is 12.3. The Hall–Kier alpha value is -2.57. The summed E-state index contributed by atoms with van der Waals surface area (Å²) in [6.45, 7) is 3.36. The van der Waals surface area contributed by atoms with Crippen LogP contribution in [-0.2, 0) is 9.59 Å². The first-order valence-electron chi connectivity index (χ1n) is 10.4. The molecule has 150 valence electrons. The second-order valence-corrected chi connectivity index (χ2v) is 7.89. The van der Waals surface area contributed by atoms with Gasteiger partial charge in [0.05, 0.1) is 6.42 Å². The standard InChI is InChI=1S/C21H29N5O2/c27-19(22-16-7-3-1-4-8-16)15-18-20(28)24-21(23-18)26-13-11-25(12-14-26)17-9-5-2-6-10-17/h2,5-6,9-10,16,18H,1,3-4,7-8,11-15H2,(H,22,27)(H,23,24,28). The topological polar surface area (TPSA) is 77.0 Å². The molecule has 0 spiro atoms. The summed E-state index contributed by atoms with van der Waals surface area (Å²) in [7, 11) is 0. The summed E-state index contributed by atoms with van der Waals surface area (Å²) in [4.78, 5) is 33.2. The maximum Gasteiger partial charge on any atom is 0.271 e. The summed E-state index contributed by atoms with van der Waals surface area (Å²) in [5.41, 5.74) is 1.22. The first kappa shape index (κ1) is 18.8. The minimum atomic E-state index is -0.536. The molecule has 0 radical (unpaired) electrons. The van der Waals surface area contributed by atoms with Gasteiger partial charge in [0.1, 0.15) is 6.04 Å². The molecule has 1 aromatic carbocycles. The summed E-state index contributed by atoms with van der Waals surface area (Å²) in [6, 6.07) is 10.1. The van der Waals surface area contributed by atoms with Gasteiger partial charge >= 0.3 is 0 Å². The highest BCUT2D eigenvalue weighted by atomic mass is 16.2. The zero-order valence-corrected chi connectivity index (χ0v) is 16.3. The number of hydrogen-bond acceptors (Lipinski definition) is 5. The van der Waals surface area contributed by atoms with Crippen molar-refractivity contribution >= 4 is 23.5 Å². The number of para-hydroxylation sites is 1. The molecule has 1 aromatic rings. The first-order chi connectivity index (χ1) is 13.7. The van der Waals surface area contributed by atoms with Crippen LogP contribution in [0.4, 0.5) is 5.69 Å². The van der Waals surface area contributed by atoms with Crippen LogP contribution >= 0.6 is 0 Å². The fourth-order valence-electron chi connectivity index (χ4n) is 4.27. The van der Waals surface area contributed by atoms with Crippen molar-refractivity contribution in [3.05, 3.63) is 30.3 Å². The lowest BCUT2D eigenvalue weighted by atomic mass is 9.95. The molecule has 0 bridgehead atoms. The van der Waals surface area contributed by atoms with Gasteiger partial charge in [-0.05, 0) is 25.0 Å². The third-order valence-electron chi connectivity index (χ3n) is 5.88. The van der Waals surface area contributed by atoms with Crippen molar-refractivity contribution in [1.82, 2.24) is 15.5 Å². The third-order valence-corrected chi connectivity index (χ3v) is 5.88. The fourth-order valence-corrected chi connectivity index (χ4v) is 4.27. The van der Waals surface area contributed by atoms with E-state index >= 15 is 0 Å². The third kappa shape index (κ3) is 4.46. The molecule has 7 heteroatoms. The summed E-state index contributed by atoms with van der Waals surface area (Å²) >= 11 is 0. The Morgan fingerprint density at radius 2 is 1.71 bits per heavy atom. The largest absolute Gasteiger partial charge is 0.368 e. The molecule has 3 aliphatic rings. The van der Waals surface area contributed by atoms with Crippen LogP contribution in [0.15, 0.2) is 35.3 Å². The number of carbonyl (C=O) groups excluding carboxylic acids is 2. The predicted molar refractivity (Wildman–Crippen MR) is 109 cm³/mol. The molecule has 4 rings (SSSR count). The van der Waals surface area contributed by atoms with Gasteiger partial charge < -0.3 is 20.4 Å². The van der Waals surface area contributed by atoms with Gasteiger partial charge in [0.15, 0.2) is 0 Å². The van der Waals surface area contributed by atoms with Gasteiger partial charge in [-0.15, -0.1) is 0 Å². The molecule has 28 heavy (non-hydrogen) atoms. The Morgan fingerprint density at radius 3 is 2.43 bits per heavy atom.